The van der Waals surface area contributed by atoms with Crippen LogP contribution in [0.25, 0.3) is 10.9 Å². The number of para-hydroxylation sites is 1. The molecule has 28 heavy (non-hydrogen) atoms. The number of rotatable bonds is 5. The molecular weight excluding hydrogens is 350 g/mol. The van der Waals surface area contributed by atoms with E-state index < -0.39 is 0 Å². The monoisotopic (exact) mass is 369 g/mol. The largest absolute Gasteiger partial charge is 0.344 e. The van der Waals surface area contributed by atoms with Crippen LogP contribution in [0.4, 0.5) is 11.5 Å². The van der Waals surface area contributed by atoms with Gasteiger partial charge in [-0.2, -0.15) is 0 Å². The van der Waals surface area contributed by atoms with E-state index in [1.165, 1.54) is 6.20 Å². The van der Waals surface area contributed by atoms with Gasteiger partial charge in [-0.25, -0.2) is 9.97 Å². The normalized spacial score (nSPS) is 11.8. The summed E-state index contributed by atoms with van der Waals surface area (Å²) in [4.78, 5) is 25.4. The second-order valence-electron chi connectivity index (χ2n) is 6.40. The average Bonchev–Trinajstić information content (AvgIpc) is 2.75. The van der Waals surface area contributed by atoms with E-state index in [0.29, 0.717) is 5.82 Å². The minimum absolute atomic E-state index is 0.116. The van der Waals surface area contributed by atoms with Crippen molar-refractivity contribution < 1.29 is 4.79 Å². The number of pyridine rings is 1. The maximum absolute atomic E-state index is 12.4. The molecule has 0 saturated carbocycles. The number of hydrogen-bond donors (Lipinski definition) is 2. The molecule has 2 aromatic carbocycles. The first-order chi connectivity index (χ1) is 13.7. The number of anilines is 2. The predicted octanol–water partition coefficient (Wildman–Crippen LogP) is 4.26. The van der Waals surface area contributed by atoms with Gasteiger partial charge < -0.3 is 10.6 Å². The van der Waals surface area contributed by atoms with E-state index in [9.17, 15) is 4.79 Å². The molecule has 6 nitrogen and oxygen atoms in total. The second-order valence-corrected chi connectivity index (χ2v) is 6.40. The highest BCUT2D eigenvalue weighted by atomic mass is 16.1. The van der Waals surface area contributed by atoms with Gasteiger partial charge in [0.05, 0.1) is 29.6 Å². The van der Waals surface area contributed by atoms with Gasteiger partial charge in [0.1, 0.15) is 11.5 Å². The highest BCUT2D eigenvalue weighted by molar-refractivity contribution is 5.93. The van der Waals surface area contributed by atoms with Gasteiger partial charge in [-0.1, -0.05) is 48.5 Å². The van der Waals surface area contributed by atoms with E-state index in [1.54, 1.807) is 12.4 Å². The first-order valence-corrected chi connectivity index (χ1v) is 8.99. The lowest BCUT2D eigenvalue weighted by Gasteiger charge is -2.14. The van der Waals surface area contributed by atoms with Gasteiger partial charge in [-0.05, 0) is 24.6 Å². The van der Waals surface area contributed by atoms with Crippen LogP contribution < -0.4 is 10.6 Å². The molecule has 0 aliphatic rings. The molecule has 6 heteroatoms. The van der Waals surface area contributed by atoms with Crippen LogP contribution in [0.2, 0.25) is 0 Å². The number of hydrogen-bond acceptors (Lipinski definition) is 5. The first-order valence-electron chi connectivity index (χ1n) is 8.99. The minimum Gasteiger partial charge on any atom is -0.344 e. The zero-order valence-corrected chi connectivity index (χ0v) is 15.3. The van der Waals surface area contributed by atoms with Crippen LogP contribution in [0.1, 0.15) is 29.0 Å². The summed E-state index contributed by atoms with van der Waals surface area (Å²) in [6.07, 6.45) is 4.76. The van der Waals surface area contributed by atoms with Crippen molar-refractivity contribution in [3.63, 3.8) is 0 Å². The molecule has 0 bridgehead atoms. The van der Waals surface area contributed by atoms with Crippen molar-refractivity contribution in [3.05, 3.63) is 90.5 Å². The number of amides is 1. The van der Waals surface area contributed by atoms with Crippen LogP contribution in [0.15, 0.2) is 79.3 Å². The highest BCUT2D eigenvalue weighted by Gasteiger charge is 2.13. The lowest BCUT2D eigenvalue weighted by Crippen LogP contribution is -2.27. The quantitative estimate of drug-likeness (QED) is 0.549. The van der Waals surface area contributed by atoms with E-state index in [0.717, 1.165) is 22.2 Å². The van der Waals surface area contributed by atoms with Crippen molar-refractivity contribution in [2.45, 2.75) is 13.0 Å². The van der Waals surface area contributed by atoms with Crippen molar-refractivity contribution in [2.75, 3.05) is 5.32 Å². The lowest BCUT2D eigenvalue weighted by atomic mass is 10.1. The number of nitrogens with one attached hydrogen (secondary N) is 2. The highest BCUT2D eigenvalue weighted by Crippen LogP contribution is 2.23. The molecule has 0 saturated heterocycles. The minimum atomic E-state index is -0.262. The summed E-state index contributed by atoms with van der Waals surface area (Å²) in [7, 11) is 0. The third-order valence-electron chi connectivity index (χ3n) is 4.43. The second kappa shape index (κ2) is 7.84. The van der Waals surface area contributed by atoms with Crippen molar-refractivity contribution in [1.82, 2.24) is 20.3 Å². The van der Waals surface area contributed by atoms with Crippen LogP contribution in [0.5, 0.6) is 0 Å². The molecule has 0 radical (unpaired) electrons. The van der Waals surface area contributed by atoms with Crippen molar-refractivity contribution in [3.8, 4) is 0 Å². The van der Waals surface area contributed by atoms with Gasteiger partial charge in [-0.15, -0.1) is 0 Å². The number of carbonyl (C=O) groups is 1. The Morgan fingerprint density at radius 2 is 1.71 bits per heavy atom. The summed E-state index contributed by atoms with van der Waals surface area (Å²) in [6.45, 7) is 1.93. The summed E-state index contributed by atoms with van der Waals surface area (Å²) >= 11 is 0. The maximum atomic E-state index is 12.4. The Morgan fingerprint density at radius 1 is 0.893 bits per heavy atom. The molecule has 0 spiro atoms. The molecule has 4 rings (SSSR count). The van der Waals surface area contributed by atoms with Gasteiger partial charge in [0, 0.05) is 11.6 Å². The third kappa shape index (κ3) is 3.81. The van der Waals surface area contributed by atoms with Gasteiger partial charge >= 0.3 is 0 Å². The molecule has 1 atom stereocenters. The van der Waals surface area contributed by atoms with E-state index in [2.05, 4.69) is 25.6 Å². The fourth-order valence-electron chi connectivity index (χ4n) is 2.95. The summed E-state index contributed by atoms with van der Waals surface area (Å²) in [5.74, 6) is 0.285. The Labute approximate surface area is 162 Å². The summed E-state index contributed by atoms with van der Waals surface area (Å²) in [5, 5.41) is 7.18. The number of carbonyl (C=O) groups excluding carboxylic acids is 1. The fourth-order valence-corrected chi connectivity index (χ4v) is 2.95. The van der Waals surface area contributed by atoms with Crippen LogP contribution in [0.3, 0.4) is 0 Å². The number of benzene rings is 2. The molecule has 2 aromatic heterocycles. The average molecular weight is 369 g/mol. The number of aromatic nitrogens is 3. The topological polar surface area (TPSA) is 79.8 Å². The summed E-state index contributed by atoms with van der Waals surface area (Å²) in [6, 6.07) is 19.4. The Bertz CT molecular complexity index is 1090. The Hall–Kier alpha value is -3.80. The fraction of sp³-hybridized carbons (Fsp3) is 0.0909. The zero-order valence-electron chi connectivity index (χ0n) is 15.3. The third-order valence-corrected chi connectivity index (χ3v) is 4.43. The van der Waals surface area contributed by atoms with Crippen LogP contribution >= 0.6 is 0 Å². The molecule has 0 fully saturated rings. The van der Waals surface area contributed by atoms with Gasteiger partial charge in [0.2, 0.25) is 0 Å². The lowest BCUT2D eigenvalue weighted by molar-refractivity contribution is 0.0934. The molecule has 0 aliphatic carbocycles. The maximum Gasteiger partial charge on any atom is 0.271 e. The zero-order chi connectivity index (χ0) is 19.3. The van der Waals surface area contributed by atoms with Crippen LogP contribution in [-0.2, 0) is 0 Å². The van der Waals surface area contributed by atoms with E-state index in [4.69, 9.17) is 0 Å². The van der Waals surface area contributed by atoms with Crippen molar-refractivity contribution >= 4 is 28.3 Å². The molecule has 1 unspecified atom stereocenters. The van der Waals surface area contributed by atoms with Crippen LogP contribution in [0, 0.1) is 0 Å². The molecule has 138 valence electrons. The Kier molecular flexibility index (Phi) is 4.93. The van der Waals surface area contributed by atoms with E-state index in [1.807, 2.05) is 67.6 Å². The van der Waals surface area contributed by atoms with Crippen molar-refractivity contribution in [2.24, 2.45) is 0 Å². The van der Waals surface area contributed by atoms with E-state index >= 15 is 0 Å². The molecule has 2 N–H and O–H groups in total. The molecular formula is C22H19N5O. The van der Waals surface area contributed by atoms with Crippen molar-refractivity contribution in [1.29, 1.82) is 0 Å². The van der Waals surface area contributed by atoms with Gasteiger partial charge in [0.15, 0.2) is 0 Å². The van der Waals surface area contributed by atoms with Gasteiger partial charge in [-0.3, -0.25) is 9.78 Å². The molecule has 4 aromatic rings. The molecule has 0 aliphatic heterocycles. The Morgan fingerprint density at radius 3 is 2.50 bits per heavy atom. The number of nitrogens with zero attached hydrogens (tertiary/aromatic N) is 3. The van der Waals surface area contributed by atoms with Crippen LogP contribution in [-0.4, -0.2) is 20.9 Å². The smallest absolute Gasteiger partial charge is 0.271 e. The summed E-state index contributed by atoms with van der Waals surface area (Å²) < 4.78 is 0. The SMILES string of the molecule is CC(NC(=O)c1cnc(Nc2cccc3cccnc23)cn1)c1ccccc1. The standard InChI is InChI=1S/C22H19N5O/c1-15(16-7-3-2-4-8-16)26-22(28)19-13-25-20(14-24-19)27-18-11-5-9-17-10-6-12-23-21(17)18/h2-15H,1H3,(H,25,27)(H,26,28). The summed E-state index contributed by atoms with van der Waals surface area (Å²) in [5.41, 5.74) is 2.99. The van der Waals surface area contributed by atoms with Gasteiger partial charge in [0.25, 0.3) is 5.91 Å². The molecule has 1 amide bonds. The molecule has 2 heterocycles. The van der Waals surface area contributed by atoms with E-state index in [-0.39, 0.29) is 17.6 Å². The Balaban J connectivity index is 1.47. The number of fused-ring (bicyclic) bond motifs is 1. The first kappa shape index (κ1) is 17.6. The predicted molar refractivity (Wildman–Crippen MR) is 109 cm³/mol.